The van der Waals surface area contributed by atoms with Crippen molar-refractivity contribution in [3.8, 4) is 5.75 Å². The number of nitrogens with two attached hydrogens (primary N) is 1. The number of benzene rings is 1. The summed E-state index contributed by atoms with van der Waals surface area (Å²) >= 11 is 0. The minimum Gasteiger partial charge on any atom is -0.492 e. The van der Waals surface area contributed by atoms with Crippen LogP contribution in [-0.4, -0.2) is 22.5 Å². The predicted octanol–water partition coefficient (Wildman–Crippen LogP) is 1.41. The Morgan fingerprint density at radius 2 is 2.10 bits per heavy atom. The Morgan fingerprint density at radius 3 is 2.75 bits per heavy atom. The minimum atomic E-state index is -0.367. The number of carbonyl (C=O) groups excluding carboxylic acids is 1. The van der Waals surface area contributed by atoms with E-state index in [0.29, 0.717) is 23.9 Å². The summed E-state index contributed by atoms with van der Waals surface area (Å²) in [6, 6.07) is 7.19. The van der Waals surface area contributed by atoms with Crippen molar-refractivity contribution in [2.75, 3.05) is 17.3 Å². The quantitative estimate of drug-likeness (QED) is 0.562. The fourth-order valence-corrected chi connectivity index (χ4v) is 1.56. The van der Waals surface area contributed by atoms with Crippen molar-refractivity contribution in [2.45, 2.75) is 6.92 Å². The topological polar surface area (TPSA) is 102 Å². The van der Waals surface area contributed by atoms with E-state index < -0.39 is 0 Å². The number of ether oxygens (including phenoxy) is 1. The Labute approximate surface area is 116 Å². The summed E-state index contributed by atoms with van der Waals surface area (Å²) in [6.07, 6.45) is 2.72. The van der Waals surface area contributed by atoms with Gasteiger partial charge in [0.05, 0.1) is 24.7 Å². The standard InChI is InChI=1S/C13H15N5O2/c1-2-20-11-6-4-3-5-9(11)17-13(19)10-7-16-12(18-14)8-15-10/h3-8H,2,14H2,1H3,(H,16,18)(H,17,19). The Morgan fingerprint density at radius 1 is 1.30 bits per heavy atom. The van der Waals surface area contributed by atoms with Crippen molar-refractivity contribution in [1.29, 1.82) is 0 Å². The molecular weight excluding hydrogens is 258 g/mol. The Bertz CT molecular complexity index is 586. The van der Waals surface area contributed by atoms with Gasteiger partial charge in [0.1, 0.15) is 11.4 Å². The number of aromatic nitrogens is 2. The van der Waals surface area contributed by atoms with Crippen molar-refractivity contribution in [3.63, 3.8) is 0 Å². The fraction of sp³-hybridized carbons (Fsp3) is 0.154. The molecule has 0 radical (unpaired) electrons. The monoisotopic (exact) mass is 273 g/mol. The summed E-state index contributed by atoms with van der Waals surface area (Å²) in [6.45, 7) is 2.40. The number of rotatable bonds is 5. The number of hydrazine groups is 1. The van der Waals surface area contributed by atoms with E-state index in [2.05, 4.69) is 20.7 Å². The first-order valence-corrected chi connectivity index (χ1v) is 6.06. The van der Waals surface area contributed by atoms with E-state index in [9.17, 15) is 4.79 Å². The van der Waals surface area contributed by atoms with E-state index in [1.54, 1.807) is 12.1 Å². The van der Waals surface area contributed by atoms with Crippen LogP contribution in [-0.2, 0) is 0 Å². The second-order valence-corrected chi connectivity index (χ2v) is 3.81. The number of anilines is 2. The van der Waals surface area contributed by atoms with E-state index >= 15 is 0 Å². The normalized spacial score (nSPS) is 9.90. The van der Waals surface area contributed by atoms with Gasteiger partial charge in [-0.1, -0.05) is 12.1 Å². The van der Waals surface area contributed by atoms with E-state index in [0.717, 1.165) is 0 Å². The zero-order chi connectivity index (χ0) is 14.4. The molecule has 7 nitrogen and oxygen atoms in total. The van der Waals surface area contributed by atoms with Crippen LogP contribution in [0, 0.1) is 0 Å². The number of hydrogen-bond acceptors (Lipinski definition) is 6. The largest absolute Gasteiger partial charge is 0.492 e. The van der Waals surface area contributed by atoms with Crippen LogP contribution in [0.3, 0.4) is 0 Å². The zero-order valence-electron chi connectivity index (χ0n) is 11.0. The molecule has 0 saturated heterocycles. The number of amides is 1. The molecule has 104 valence electrons. The molecule has 1 aromatic heterocycles. The molecule has 0 aliphatic rings. The van der Waals surface area contributed by atoms with Crippen LogP contribution in [0.25, 0.3) is 0 Å². The lowest BCUT2D eigenvalue weighted by Gasteiger charge is -2.10. The number of nitrogens with one attached hydrogen (secondary N) is 2. The van der Waals surface area contributed by atoms with Gasteiger partial charge in [0.2, 0.25) is 0 Å². The Balaban J connectivity index is 2.14. The van der Waals surface area contributed by atoms with Gasteiger partial charge < -0.3 is 15.5 Å². The van der Waals surface area contributed by atoms with Crippen LogP contribution in [0.2, 0.25) is 0 Å². The average Bonchev–Trinajstić information content (AvgIpc) is 2.49. The maximum absolute atomic E-state index is 12.0. The molecule has 1 heterocycles. The molecule has 1 amide bonds. The number of nitrogen functional groups attached to an aromatic ring is 1. The van der Waals surface area contributed by atoms with Crippen LogP contribution in [0.4, 0.5) is 11.5 Å². The third-order valence-corrected chi connectivity index (χ3v) is 2.47. The molecule has 0 saturated carbocycles. The maximum Gasteiger partial charge on any atom is 0.275 e. The highest BCUT2D eigenvalue weighted by Crippen LogP contribution is 2.24. The number of carbonyl (C=O) groups is 1. The maximum atomic E-state index is 12.0. The van der Waals surface area contributed by atoms with Crippen molar-refractivity contribution in [1.82, 2.24) is 9.97 Å². The highest BCUT2D eigenvalue weighted by molar-refractivity contribution is 6.03. The SMILES string of the molecule is CCOc1ccccc1NC(=O)c1cnc(NN)cn1. The lowest BCUT2D eigenvalue weighted by molar-refractivity contribution is 0.102. The first kappa shape index (κ1) is 13.8. The zero-order valence-corrected chi connectivity index (χ0v) is 11.0. The van der Waals surface area contributed by atoms with E-state index in [1.165, 1.54) is 12.4 Å². The van der Waals surface area contributed by atoms with E-state index in [1.807, 2.05) is 19.1 Å². The molecule has 0 atom stereocenters. The van der Waals surface area contributed by atoms with Gasteiger partial charge in [0.25, 0.3) is 5.91 Å². The third kappa shape index (κ3) is 3.21. The molecule has 1 aromatic carbocycles. The van der Waals surface area contributed by atoms with E-state index in [4.69, 9.17) is 10.6 Å². The molecule has 7 heteroatoms. The molecule has 0 aliphatic carbocycles. The van der Waals surface area contributed by atoms with Gasteiger partial charge in [-0.15, -0.1) is 0 Å². The molecule has 20 heavy (non-hydrogen) atoms. The molecule has 2 aromatic rings. The summed E-state index contributed by atoms with van der Waals surface area (Å²) in [5, 5.41) is 2.73. The van der Waals surface area contributed by atoms with Gasteiger partial charge >= 0.3 is 0 Å². The highest BCUT2D eigenvalue weighted by atomic mass is 16.5. The second kappa shape index (κ2) is 6.48. The van der Waals surface area contributed by atoms with Crippen molar-refractivity contribution >= 4 is 17.4 Å². The average molecular weight is 273 g/mol. The summed E-state index contributed by atoms with van der Waals surface area (Å²) in [7, 11) is 0. The number of hydrogen-bond donors (Lipinski definition) is 3. The summed E-state index contributed by atoms with van der Waals surface area (Å²) in [5.41, 5.74) is 3.12. The molecular formula is C13H15N5O2. The first-order valence-electron chi connectivity index (χ1n) is 6.06. The number of para-hydroxylation sites is 2. The molecule has 0 aliphatic heterocycles. The highest BCUT2D eigenvalue weighted by Gasteiger charge is 2.11. The predicted molar refractivity (Wildman–Crippen MR) is 75.4 cm³/mol. The van der Waals surface area contributed by atoms with Gasteiger partial charge in [-0.2, -0.15) is 0 Å². The van der Waals surface area contributed by atoms with Gasteiger partial charge in [0, 0.05) is 0 Å². The van der Waals surface area contributed by atoms with Crippen LogP contribution >= 0.6 is 0 Å². The van der Waals surface area contributed by atoms with Crippen LogP contribution in [0.5, 0.6) is 5.75 Å². The van der Waals surface area contributed by atoms with Crippen LogP contribution < -0.4 is 21.3 Å². The molecule has 4 N–H and O–H groups in total. The van der Waals surface area contributed by atoms with Gasteiger partial charge in [-0.3, -0.25) is 4.79 Å². The summed E-state index contributed by atoms with van der Waals surface area (Å²) in [4.78, 5) is 19.9. The van der Waals surface area contributed by atoms with Crippen LogP contribution in [0.1, 0.15) is 17.4 Å². The first-order chi connectivity index (χ1) is 9.74. The third-order valence-electron chi connectivity index (χ3n) is 2.47. The molecule has 0 bridgehead atoms. The molecule has 0 spiro atoms. The summed E-state index contributed by atoms with van der Waals surface area (Å²) in [5.74, 6) is 5.81. The number of nitrogens with zero attached hydrogens (tertiary/aromatic N) is 2. The molecule has 0 fully saturated rings. The summed E-state index contributed by atoms with van der Waals surface area (Å²) < 4.78 is 5.43. The lowest BCUT2D eigenvalue weighted by atomic mass is 10.3. The van der Waals surface area contributed by atoms with Crippen LogP contribution in [0.15, 0.2) is 36.7 Å². The van der Waals surface area contributed by atoms with Crippen molar-refractivity contribution in [3.05, 3.63) is 42.4 Å². The lowest BCUT2D eigenvalue weighted by Crippen LogP contribution is -2.16. The van der Waals surface area contributed by atoms with Crippen molar-refractivity contribution in [2.24, 2.45) is 5.84 Å². The molecule has 0 unspecified atom stereocenters. The smallest absolute Gasteiger partial charge is 0.275 e. The van der Waals surface area contributed by atoms with Gasteiger partial charge in [-0.25, -0.2) is 15.8 Å². The van der Waals surface area contributed by atoms with E-state index in [-0.39, 0.29) is 11.6 Å². The minimum absolute atomic E-state index is 0.190. The Kier molecular flexibility index (Phi) is 4.46. The second-order valence-electron chi connectivity index (χ2n) is 3.81. The fourth-order valence-electron chi connectivity index (χ4n) is 1.56. The van der Waals surface area contributed by atoms with Gasteiger partial charge in [-0.05, 0) is 19.1 Å². The van der Waals surface area contributed by atoms with Crippen molar-refractivity contribution < 1.29 is 9.53 Å². The molecule has 2 rings (SSSR count). The Hall–Kier alpha value is -2.67. The van der Waals surface area contributed by atoms with Gasteiger partial charge in [0.15, 0.2) is 5.82 Å².